The van der Waals surface area contributed by atoms with E-state index in [1.807, 2.05) is 0 Å². The number of carbonyl (C=O) groups is 2. The summed E-state index contributed by atoms with van der Waals surface area (Å²) in [6.45, 7) is 4.93. The fourth-order valence-electron chi connectivity index (χ4n) is 10.2. The quantitative estimate of drug-likeness (QED) is 0.0320. The minimum Gasteiger partial charge on any atom is -0.466 e. The Labute approximate surface area is 450 Å². The molecule has 0 saturated heterocycles. The molecule has 426 valence electrons. The molecule has 0 heterocycles. The summed E-state index contributed by atoms with van der Waals surface area (Å²) in [7, 11) is 0. The number of unbranched alkanes of at least 4 members (excludes halogenated alkanes) is 46. The van der Waals surface area contributed by atoms with Gasteiger partial charge in [-0.15, -0.1) is 0 Å². The molecule has 2 atom stereocenters. The van der Waals surface area contributed by atoms with Crippen molar-refractivity contribution in [2.75, 3.05) is 13.2 Å². The van der Waals surface area contributed by atoms with Crippen LogP contribution in [0.1, 0.15) is 361 Å². The van der Waals surface area contributed by atoms with E-state index in [1.165, 1.54) is 276 Å². The molecule has 72 heavy (non-hydrogen) atoms. The van der Waals surface area contributed by atoms with Crippen LogP contribution in [0.15, 0.2) is 24.3 Å². The Hall–Kier alpha value is -1.66. The Bertz CT molecular complexity index is 1120. The Kier molecular flexibility index (Phi) is 60.5. The molecule has 1 amide bonds. The highest BCUT2D eigenvalue weighted by atomic mass is 16.5. The molecule has 0 aromatic rings. The van der Waals surface area contributed by atoms with Crippen molar-refractivity contribution in [3.8, 4) is 0 Å². The van der Waals surface area contributed by atoms with Crippen LogP contribution in [0.4, 0.5) is 0 Å². The Morgan fingerprint density at radius 3 is 1.10 bits per heavy atom. The van der Waals surface area contributed by atoms with E-state index in [2.05, 4.69) is 43.5 Å². The van der Waals surface area contributed by atoms with Gasteiger partial charge in [-0.05, 0) is 51.4 Å². The van der Waals surface area contributed by atoms with Gasteiger partial charge in [0.25, 0.3) is 0 Å². The van der Waals surface area contributed by atoms with Gasteiger partial charge in [0, 0.05) is 12.8 Å². The van der Waals surface area contributed by atoms with Crippen LogP contribution in [-0.4, -0.2) is 47.4 Å². The van der Waals surface area contributed by atoms with Crippen molar-refractivity contribution in [3.05, 3.63) is 24.3 Å². The lowest BCUT2D eigenvalue weighted by molar-refractivity contribution is -0.143. The molecule has 0 radical (unpaired) electrons. The average Bonchev–Trinajstić information content (AvgIpc) is 3.38. The van der Waals surface area contributed by atoms with Gasteiger partial charge < -0.3 is 20.3 Å². The third kappa shape index (κ3) is 57.6. The van der Waals surface area contributed by atoms with Crippen LogP contribution in [-0.2, 0) is 14.3 Å². The lowest BCUT2D eigenvalue weighted by atomic mass is 10.0. The minimum absolute atomic E-state index is 0.00641. The lowest BCUT2D eigenvalue weighted by Gasteiger charge is -2.22. The molecule has 2 unspecified atom stereocenters. The summed E-state index contributed by atoms with van der Waals surface area (Å²) in [5.74, 6) is -0.0418. The number of nitrogens with one attached hydrogen (secondary N) is 1. The number of hydrogen-bond acceptors (Lipinski definition) is 5. The van der Waals surface area contributed by atoms with Gasteiger partial charge in [-0.3, -0.25) is 9.59 Å². The van der Waals surface area contributed by atoms with Crippen molar-refractivity contribution in [3.63, 3.8) is 0 Å². The number of allylic oxidation sites excluding steroid dienone is 4. The Morgan fingerprint density at radius 2 is 0.708 bits per heavy atom. The number of carbonyl (C=O) groups excluding carboxylic acids is 2. The zero-order valence-corrected chi connectivity index (χ0v) is 48.7. The van der Waals surface area contributed by atoms with Crippen LogP contribution in [0.3, 0.4) is 0 Å². The van der Waals surface area contributed by atoms with Crippen LogP contribution in [0.25, 0.3) is 0 Å². The van der Waals surface area contributed by atoms with Crippen LogP contribution < -0.4 is 5.32 Å². The van der Waals surface area contributed by atoms with E-state index in [9.17, 15) is 19.8 Å². The van der Waals surface area contributed by atoms with Crippen molar-refractivity contribution in [1.82, 2.24) is 5.32 Å². The summed E-state index contributed by atoms with van der Waals surface area (Å²) >= 11 is 0. The van der Waals surface area contributed by atoms with E-state index in [-0.39, 0.29) is 18.5 Å². The lowest BCUT2D eigenvalue weighted by Crippen LogP contribution is -2.45. The molecule has 0 aromatic carbocycles. The van der Waals surface area contributed by atoms with Crippen molar-refractivity contribution in [1.29, 1.82) is 0 Å². The van der Waals surface area contributed by atoms with Gasteiger partial charge in [0.15, 0.2) is 0 Å². The number of rotatable bonds is 61. The van der Waals surface area contributed by atoms with Crippen LogP contribution >= 0.6 is 0 Å². The monoisotopic (exact) mass is 1010 g/mol. The highest BCUT2D eigenvalue weighted by Crippen LogP contribution is 2.18. The molecule has 3 N–H and O–H groups in total. The number of hydrogen-bond donors (Lipinski definition) is 3. The second-order valence-corrected chi connectivity index (χ2v) is 22.5. The maximum Gasteiger partial charge on any atom is 0.305 e. The molecule has 0 aliphatic rings. The number of ether oxygens (including phenoxy) is 1. The van der Waals surface area contributed by atoms with Crippen LogP contribution in [0.2, 0.25) is 0 Å². The van der Waals surface area contributed by atoms with Crippen molar-refractivity contribution < 1.29 is 24.5 Å². The second-order valence-electron chi connectivity index (χ2n) is 22.5. The largest absolute Gasteiger partial charge is 0.466 e. The summed E-state index contributed by atoms with van der Waals surface area (Å²) in [6, 6.07) is -0.546. The number of amides is 1. The number of aliphatic hydroxyl groups is 2. The molecule has 6 nitrogen and oxygen atoms in total. The SMILES string of the molecule is CCCC/C=C\C/C=C\CCCCCCCC(=O)OCCCCCCCCCCCCCCCCCCCCC(=O)NC(CO)C(O)CCCCCCCCCCCCCCCCCCCCCCCCC. The third-order valence-corrected chi connectivity index (χ3v) is 15.3. The van der Waals surface area contributed by atoms with E-state index in [0.717, 1.165) is 51.4 Å². The molecule has 0 saturated carbocycles. The summed E-state index contributed by atoms with van der Waals surface area (Å²) in [4.78, 5) is 24.6. The molecule has 0 bridgehead atoms. The number of aliphatic hydroxyl groups excluding tert-OH is 2. The summed E-state index contributed by atoms with van der Waals surface area (Å²) in [5, 5.41) is 23.4. The zero-order chi connectivity index (χ0) is 52.2. The number of esters is 1. The molecule has 0 aliphatic carbocycles. The van der Waals surface area contributed by atoms with Gasteiger partial charge in [0.2, 0.25) is 5.91 Å². The van der Waals surface area contributed by atoms with Gasteiger partial charge >= 0.3 is 5.97 Å². The molecule has 0 spiro atoms. The van der Waals surface area contributed by atoms with Gasteiger partial charge in [0.1, 0.15) is 0 Å². The third-order valence-electron chi connectivity index (χ3n) is 15.3. The molecule has 0 aliphatic heterocycles. The predicted molar refractivity (Wildman–Crippen MR) is 315 cm³/mol. The first-order valence-electron chi connectivity index (χ1n) is 32.6. The minimum atomic E-state index is -0.669. The van der Waals surface area contributed by atoms with Gasteiger partial charge in [0.05, 0.1) is 25.4 Å². The highest BCUT2D eigenvalue weighted by molar-refractivity contribution is 5.76. The zero-order valence-electron chi connectivity index (χ0n) is 48.7. The molecule has 0 rings (SSSR count). The normalized spacial score (nSPS) is 12.7. The van der Waals surface area contributed by atoms with E-state index < -0.39 is 12.1 Å². The van der Waals surface area contributed by atoms with Crippen LogP contribution in [0.5, 0.6) is 0 Å². The van der Waals surface area contributed by atoms with E-state index in [1.54, 1.807) is 0 Å². The standard InChI is InChI=1S/C66H127NO5/c1-3-5-7-9-11-13-15-17-19-20-21-22-23-24-25-28-31-34-38-42-46-50-54-58-64(69)63(62-68)67-65(70)59-55-51-47-43-39-35-32-29-26-27-30-33-37-41-45-49-53-57-61-72-66(71)60-56-52-48-44-40-36-18-16-14-12-10-8-6-4-2/h10,12,16,18,63-64,68-69H,3-9,11,13-15,17,19-62H2,1-2H3,(H,67,70)/b12-10-,18-16-. The Balaban J connectivity index is 3.41. The van der Waals surface area contributed by atoms with E-state index >= 15 is 0 Å². The highest BCUT2D eigenvalue weighted by Gasteiger charge is 2.20. The maximum atomic E-state index is 12.5. The summed E-state index contributed by atoms with van der Waals surface area (Å²) < 4.78 is 5.47. The second kappa shape index (κ2) is 61.9. The molecule has 0 aromatic heterocycles. The van der Waals surface area contributed by atoms with Crippen molar-refractivity contribution in [2.24, 2.45) is 0 Å². The van der Waals surface area contributed by atoms with E-state index in [4.69, 9.17) is 4.74 Å². The van der Waals surface area contributed by atoms with Crippen molar-refractivity contribution in [2.45, 2.75) is 373 Å². The van der Waals surface area contributed by atoms with E-state index in [0.29, 0.717) is 25.9 Å². The predicted octanol–water partition coefficient (Wildman–Crippen LogP) is 20.6. The fourth-order valence-corrected chi connectivity index (χ4v) is 10.2. The smallest absolute Gasteiger partial charge is 0.305 e. The Morgan fingerprint density at radius 1 is 0.389 bits per heavy atom. The van der Waals surface area contributed by atoms with Gasteiger partial charge in [-0.25, -0.2) is 0 Å². The molecular weight excluding hydrogens is 887 g/mol. The molecule has 6 heteroatoms. The fraction of sp³-hybridized carbons (Fsp3) is 0.909. The van der Waals surface area contributed by atoms with Crippen LogP contribution in [0, 0.1) is 0 Å². The first-order valence-corrected chi connectivity index (χ1v) is 32.6. The van der Waals surface area contributed by atoms with Crippen molar-refractivity contribution >= 4 is 11.9 Å². The average molecular weight is 1010 g/mol. The topological polar surface area (TPSA) is 95.9 Å². The maximum absolute atomic E-state index is 12.5. The van der Waals surface area contributed by atoms with Gasteiger partial charge in [-0.2, -0.15) is 0 Å². The first kappa shape index (κ1) is 70.3. The summed E-state index contributed by atoms with van der Waals surface area (Å²) in [6.07, 6.45) is 76.2. The van der Waals surface area contributed by atoms with Gasteiger partial charge in [-0.1, -0.05) is 321 Å². The first-order chi connectivity index (χ1) is 35.5. The summed E-state index contributed by atoms with van der Waals surface area (Å²) in [5.41, 5.74) is 0. The molecule has 0 fully saturated rings. The molecular formula is C66H127NO5.